The van der Waals surface area contributed by atoms with Crippen LogP contribution in [0.3, 0.4) is 0 Å². The molecule has 1 saturated heterocycles. The van der Waals surface area contributed by atoms with E-state index in [9.17, 15) is 24.5 Å². The van der Waals surface area contributed by atoms with E-state index in [0.717, 1.165) is 37.8 Å². The van der Waals surface area contributed by atoms with E-state index in [-0.39, 0.29) is 29.5 Å². The fourth-order valence-electron chi connectivity index (χ4n) is 5.22. The topological polar surface area (TPSA) is 104 Å². The lowest BCUT2D eigenvalue weighted by Gasteiger charge is -2.36. The van der Waals surface area contributed by atoms with Gasteiger partial charge in [0.05, 0.1) is 16.1 Å². The Morgan fingerprint density at radius 1 is 0.882 bits per heavy atom. The normalized spacial score (nSPS) is 18.9. The summed E-state index contributed by atoms with van der Waals surface area (Å²) in [6.07, 6.45) is 4.85. The Morgan fingerprint density at radius 3 is 2.29 bits per heavy atom. The highest BCUT2D eigenvalue weighted by atomic mass is 16.6. The molecule has 3 amide bonds. The third-order valence-electron chi connectivity index (χ3n) is 7.08. The van der Waals surface area contributed by atoms with Crippen molar-refractivity contribution in [2.24, 2.45) is 0 Å². The van der Waals surface area contributed by atoms with Gasteiger partial charge in [-0.15, -0.1) is 0 Å². The maximum Gasteiger partial charge on any atom is 0.271 e. The van der Waals surface area contributed by atoms with Crippen molar-refractivity contribution in [3.8, 4) is 0 Å². The molecular formula is C25H26N4O5. The van der Waals surface area contributed by atoms with Crippen molar-refractivity contribution in [1.82, 2.24) is 9.80 Å². The minimum Gasteiger partial charge on any atom is -0.368 e. The lowest BCUT2D eigenvalue weighted by atomic mass is 9.94. The highest BCUT2D eigenvalue weighted by Gasteiger charge is 2.40. The first-order valence-electron chi connectivity index (χ1n) is 11.7. The Labute approximate surface area is 197 Å². The van der Waals surface area contributed by atoms with E-state index in [1.807, 2.05) is 11.0 Å². The molecule has 1 aliphatic carbocycles. The number of fused-ring (bicyclic) bond motifs is 1. The first-order chi connectivity index (χ1) is 16.4. The van der Waals surface area contributed by atoms with Crippen molar-refractivity contribution < 1.29 is 19.3 Å². The molecule has 0 unspecified atom stereocenters. The number of piperazine rings is 1. The number of hydrogen-bond acceptors (Lipinski definition) is 6. The first kappa shape index (κ1) is 22.1. The molecule has 2 heterocycles. The summed E-state index contributed by atoms with van der Waals surface area (Å²) in [5, 5.41) is 11.1. The van der Waals surface area contributed by atoms with E-state index in [0.29, 0.717) is 42.9 Å². The zero-order chi connectivity index (χ0) is 23.8. The molecule has 176 valence electrons. The number of rotatable bonds is 4. The predicted molar refractivity (Wildman–Crippen MR) is 125 cm³/mol. The van der Waals surface area contributed by atoms with Gasteiger partial charge in [-0.3, -0.25) is 29.4 Å². The number of hydrogen-bond donors (Lipinski definition) is 0. The standard InChI is InChI=1S/C25H26N4O5/c30-23(27-13-11-26(12-14-27)19-7-4-8-20(16-19)29(33)34)17-9-10-21-22(15-17)25(32)28(24(21)31)18-5-2-1-3-6-18/h4,7-10,15-16,18H,1-3,5-6,11-14H2. The maximum absolute atomic E-state index is 13.2. The highest BCUT2D eigenvalue weighted by molar-refractivity contribution is 6.22. The summed E-state index contributed by atoms with van der Waals surface area (Å²) in [5.41, 5.74) is 1.88. The Morgan fingerprint density at radius 2 is 1.59 bits per heavy atom. The van der Waals surface area contributed by atoms with Crippen LogP contribution in [0.5, 0.6) is 0 Å². The lowest BCUT2D eigenvalue weighted by molar-refractivity contribution is -0.384. The summed E-state index contributed by atoms with van der Waals surface area (Å²) < 4.78 is 0. The second kappa shape index (κ2) is 8.89. The molecule has 0 aromatic heterocycles. The van der Waals surface area contributed by atoms with Crippen molar-refractivity contribution >= 4 is 29.1 Å². The summed E-state index contributed by atoms with van der Waals surface area (Å²) in [6, 6.07) is 11.2. The molecule has 2 aromatic carbocycles. The van der Waals surface area contributed by atoms with Gasteiger partial charge in [0, 0.05) is 55.6 Å². The van der Waals surface area contributed by atoms with Gasteiger partial charge in [-0.25, -0.2) is 0 Å². The molecule has 3 aliphatic rings. The van der Waals surface area contributed by atoms with Gasteiger partial charge in [0.25, 0.3) is 23.4 Å². The third-order valence-corrected chi connectivity index (χ3v) is 7.08. The number of imide groups is 1. The van der Waals surface area contributed by atoms with Gasteiger partial charge in [0.1, 0.15) is 0 Å². The number of nitro benzene ring substituents is 1. The van der Waals surface area contributed by atoms with Gasteiger partial charge in [-0.1, -0.05) is 25.3 Å². The van der Waals surface area contributed by atoms with Crippen LogP contribution in [0.4, 0.5) is 11.4 Å². The zero-order valence-corrected chi connectivity index (χ0v) is 18.8. The average Bonchev–Trinajstić information content (AvgIpc) is 3.13. The van der Waals surface area contributed by atoms with Crippen molar-refractivity contribution in [3.05, 3.63) is 69.3 Å². The van der Waals surface area contributed by atoms with Gasteiger partial charge in [0.15, 0.2) is 0 Å². The SMILES string of the molecule is O=C(c1ccc2c(c1)C(=O)N(C1CCCCC1)C2=O)N1CCN(c2cccc([N+](=O)[O-])c2)CC1. The second-order valence-corrected chi connectivity index (χ2v) is 9.09. The maximum atomic E-state index is 13.2. The van der Waals surface area contributed by atoms with E-state index in [1.165, 1.54) is 11.0 Å². The molecule has 9 nitrogen and oxygen atoms in total. The molecule has 2 aromatic rings. The van der Waals surface area contributed by atoms with E-state index in [1.54, 1.807) is 35.2 Å². The number of nitrogens with zero attached hydrogens (tertiary/aromatic N) is 4. The van der Waals surface area contributed by atoms with Gasteiger partial charge in [0.2, 0.25) is 0 Å². The largest absolute Gasteiger partial charge is 0.368 e. The zero-order valence-electron chi connectivity index (χ0n) is 18.8. The molecule has 9 heteroatoms. The summed E-state index contributed by atoms with van der Waals surface area (Å²) in [5.74, 6) is -0.730. The number of anilines is 1. The van der Waals surface area contributed by atoms with Crippen molar-refractivity contribution in [2.75, 3.05) is 31.1 Å². The number of benzene rings is 2. The van der Waals surface area contributed by atoms with Crippen LogP contribution in [0.15, 0.2) is 42.5 Å². The monoisotopic (exact) mass is 462 g/mol. The number of nitro groups is 1. The lowest BCUT2D eigenvalue weighted by Crippen LogP contribution is -2.48. The fraction of sp³-hybridized carbons (Fsp3) is 0.400. The quantitative estimate of drug-likeness (QED) is 0.391. The molecule has 2 fully saturated rings. The number of amides is 3. The fourth-order valence-corrected chi connectivity index (χ4v) is 5.22. The second-order valence-electron chi connectivity index (χ2n) is 9.09. The number of non-ortho nitro benzene ring substituents is 1. The molecule has 2 aliphatic heterocycles. The van der Waals surface area contributed by atoms with E-state index >= 15 is 0 Å². The third kappa shape index (κ3) is 3.91. The van der Waals surface area contributed by atoms with E-state index in [2.05, 4.69) is 0 Å². The van der Waals surface area contributed by atoms with Crippen LogP contribution in [0.2, 0.25) is 0 Å². The van der Waals surface area contributed by atoms with Crippen LogP contribution in [-0.2, 0) is 0 Å². The van der Waals surface area contributed by atoms with Crippen LogP contribution in [0, 0.1) is 10.1 Å². The number of carbonyl (C=O) groups excluding carboxylic acids is 3. The summed E-state index contributed by atoms with van der Waals surface area (Å²) in [7, 11) is 0. The Kier molecular flexibility index (Phi) is 5.77. The van der Waals surface area contributed by atoms with Gasteiger partial charge >= 0.3 is 0 Å². The molecule has 0 N–H and O–H groups in total. The highest BCUT2D eigenvalue weighted by Crippen LogP contribution is 2.32. The molecule has 0 radical (unpaired) electrons. The average molecular weight is 463 g/mol. The van der Waals surface area contributed by atoms with Gasteiger partial charge in [-0.05, 0) is 37.1 Å². The minimum atomic E-state index is -0.418. The van der Waals surface area contributed by atoms with Gasteiger partial charge in [-0.2, -0.15) is 0 Å². The van der Waals surface area contributed by atoms with Gasteiger partial charge < -0.3 is 9.80 Å². The smallest absolute Gasteiger partial charge is 0.271 e. The molecule has 0 bridgehead atoms. The van der Waals surface area contributed by atoms with Crippen molar-refractivity contribution in [3.63, 3.8) is 0 Å². The van der Waals surface area contributed by atoms with Crippen LogP contribution in [0.25, 0.3) is 0 Å². The van der Waals surface area contributed by atoms with E-state index < -0.39 is 4.92 Å². The number of carbonyl (C=O) groups is 3. The van der Waals surface area contributed by atoms with Crippen molar-refractivity contribution in [1.29, 1.82) is 0 Å². The Hall–Kier alpha value is -3.75. The molecule has 0 atom stereocenters. The predicted octanol–water partition coefficient (Wildman–Crippen LogP) is 3.49. The van der Waals surface area contributed by atoms with Crippen LogP contribution in [0.1, 0.15) is 63.2 Å². The summed E-state index contributed by atoms with van der Waals surface area (Å²) >= 11 is 0. The van der Waals surface area contributed by atoms with Crippen molar-refractivity contribution in [2.45, 2.75) is 38.1 Å². The Bertz CT molecular complexity index is 1170. The van der Waals surface area contributed by atoms with Crippen LogP contribution < -0.4 is 4.90 Å². The molecular weight excluding hydrogens is 436 g/mol. The summed E-state index contributed by atoms with van der Waals surface area (Å²) in [6.45, 7) is 2.01. The van der Waals surface area contributed by atoms with Crippen LogP contribution in [-0.4, -0.2) is 64.7 Å². The minimum absolute atomic E-state index is 0.0376. The summed E-state index contributed by atoms with van der Waals surface area (Å²) in [4.78, 5) is 54.9. The van der Waals surface area contributed by atoms with E-state index in [4.69, 9.17) is 0 Å². The molecule has 1 saturated carbocycles. The molecule has 5 rings (SSSR count). The molecule has 34 heavy (non-hydrogen) atoms. The first-order valence-corrected chi connectivity index (χ1v) is 11.7. The molecule has 0 spiro atoms. The van der Waals surface area contributed by atoms with Crippen LogP contribution >= 0.6 is 0 Å². The Balaban J connectivity index is 1.28.